The highest BCUT2D eigenvalue weighted by Gasteiger charge is 2.17. The standard InChI is InChI=1S/C12H20N4O/c1-11(15-6-3-2-4-7-15)9-14-12(17)16-8-5-13-10-16/h5,8,10-11H,2-4,6-7,9H2,1H3,(H,14,17). The number of nitrogens with one attached hydrogen (secondary N) is 1. The lowest BCUT2D eigenvalue weighted by Gasteiger charge is -2.32. The molecule has 1 aromatic rings. The van der Waals surface area contributed by atoms with Crippen LogP contribution < -0.4 is 5.32 Å². The van der Waals surface area contributed by atoms with Gasteiger partial charge in [-0.05, 0) is 32.9 Å². The van der Waals surface area contributed by atoms with Gasteiger partial charge in [0.15, 0.2) is 0 Å². The van der Waals surface area contributed by atoms with Crippen LogP contribution in [-0.2, 0) is 0 Å². The van der Waals surface area contributed by atoms with Gasteiger partial charge in [-0.1, -0.05) is 6.42 Å². The lowest BCUT2D eigenvalue weighted by molar-refractivity contribution is 0.170. The number of hydrogen-bond acceptors (Lipinski definition) is 3. The Morgan fingerprint density at radius 1 is 1.41 bits per heavy atom. The third-order valence-corrected chi connectivity index (χ3v) is 3.30. The summed E-state index contributed by atoms with van der Waals surface area (Å²) >= 11 is 0. The lowest BCUT2D eigenvalue weighted by atomic mass is 10.1. The van der Waals surface area contributed by atoms with Crippen LogP contribution in [-0.4, -0.2) is 46.2 Å². The molecule has 0 aliphatic carbocycles. The van der Waals surface area contributed by atoms with Gasteiger partial charge in [-0.25, -0.2) is 9.78 Å². The van der Waals surface area contributed by atoms with Crippen LogP contribution in [0, 0.1) is 0 Å². The average Bonchev–Trinajstić information content (AvgIpc) is 2.90. The Bertz CT molecular complexity index is 343. The van der Waals surface area contributed by atoms with Crippen molar-refractivity contribution < 1.29 is 4.79 Å². The van der Waals surface area contributed by atoms with Crippen LogP contribution >= 0.6 is 0 Å². The molecule has 1 N–H and O–H groups in total. The van der Waals surface area contributed by atoms with Crippen molar-refractivity contribution >= 4 is 6.03 Å². The molecule has 0 spiro atoms. The first kappa shape index (κ1) is 12.1. The molecule has 94 valence electrons. The van der Waals surface area contributed by atoms with E-state index in [1.54, 1.807) is 12.4 Å². The Kier molecular flexibility index (Phi) is 4.14. The molecule has 0 aromatic carbocycles. The summed E-state index contributed by atoms with van der Waals surface area (Å²) in [6, 6.07) is 0.300. The molecule has 1 unspecified atom stereocenters. The van der Waals surface area contributed by atoms with E-state index in [1.165, 1.54) is 30.2 Å². The zero-order valence-electron chi connectivity index (χ0n) is 10.3. The molecule has 5 heteroatoms. The molecule has 0 bridgehead atoms. The molecule has 2 rings (SSSR count). The topological polar surface area (TPSA) is 50.2 Å². The van der Waals surface area contributed by atoms with E-state index in [0.717, 1.165) is 13.1 Å². The smallest absolute Gasteiger partial charge is 0.326 e. The van der Waals surface area contributed by atoms with E-state index < -0.39 is 0 Å². The number of amides is 1. The van der Waals surface area contributed by atoms with Crippen LogP contribution in [0.4, 0.5) is 4.79 Å². The molecule has 1 aromatic heterocycles. The maximum Gasteiger partial charge on any atom is 0.326 e. The van der Waals surface area contributed by atoms with Crippen LogP contribution in [0.1, 0.15) is 26.2 Å². The van der Waals surface area contributed by atoms with Crippen molar-refractivity contribution in [2.75, 3.05) is 19.6 Å². The Hall–Kier alpha value is -1.36. The minimum atomic E-state index is -0.105. The number of hydrogen-bond donors (Lipinski definition) is 1. The normalized spacial score (nSPS) is 18.9. The van der Waals surface area contributed by atoms with Crippen LogP contribution in [0.25, 0.3) is 0 Å². The van der Waals surface area contributed by atoms with E-state index in [-0.39, 0.29) is 6.03 Å². The van der Waals surface area contributed by atoms with E-state index in [0.29, 0.717) is 12.6 Å². The van der Waals surface area contributed by atoms with Crippen molar-refractivity contribution in [2.45, 2.75) is 32.2 Å². The summed E-state index contributed by atoms with van der Waals surface area (Å²) < 4.78 is 1.46. The summed E-state index contributed by atoms with van der Waals surface area (Å²) in [7, 11) is 0. The molecule has 5 nitrogen and oxygen atoms in total. The minimum Gasteiger partial charge on any atom is -0.336 e. The molecule has 1 atom stereocenters. The summed E-state index contributed by atoms with van der Waals surface area (Å²) in [5.74, 6) is 0. The van der Waals surface area contributed by atoms with E-state index in [9.17, 15) is 4.79 Å². The maximum atomic E-state index is 11.7. The number of piperidine rings is 1. The number of carbonyl (C=O) groups is 1. The van der Waals surface area contributed by atoms with Crippen molar-refractivity contribution in [1.82, 2.24) is 19.8 Å². The maximum absolute atomic E-state index is 11.7. The minimum absolute atomic E-state index is 0.105. The number of carbonyl (C=O) groups excluding carboxylic acids is 1. The molecule has 1 aliphatic rings. The van der Waals surface area contributed by atoms with Gasteiger partial charge in [0.1, 0.15) is 6.33 Å². The van der Waals surface area contributed by atoms with Gasteiger partial charge in [0.05, 0.1) is 0 Å². The molecular formula is C12H20N4O. The van der Waals surface area contributed by atoms with Crippen molar-refractivity contribution in [1.29, 1.82) is 0 Å². The Labute approximate surface area is 102 Å². The third-order valence-electron chi connectivity index (χ3n) is 3.30. The van der Waals surface area contributed by atoms with Gasteiger partial charge in [0.25, 0.3) is 0 Å². The molecule has 1 amide bonds. The molecule has 17 heavy (non-hydrogen) atoms. The van der Waals surface area contributed by atoms with Gasteiger partial charge in [0.2, 0.25) is 0 Å². The highest BCUT2D eigenvalue weighted by atomic mass is 16.2. The zero-order valence-corrected chi connectivity index (χ0v) is 10.3. The first-order chi connectivity index (χ1) is 8.27. The number of rotatable bonds is 3. The number of nitrogens with zero attached hydrogens (tertiary/aromatic N) is 3. The predicted molar refractivity (Wildman–Crippen MR) is 65.9 cm³/mol. The Balaban J connectivity index is 1.75. The quantitative estimate of drug-likeness (QED) is 0.861. The highest BCUT2D eigenvalue weighted by molar-refractivity contribution is 5.76. The fourth-order valence-corrected chi connectivity index (χ4v) is 2.19. The Morgan fingerprint density at radius 3 is 2.82 bits per heavy atom. The fraction of sp³-hybridized carbons (Fsp3) is 0.667. The van der Waals surface area contributed by atoms with Gasteiger partial charge in [-0.2, -0.15) is 0 Å². The largest absolute Gasteiger partial charge is 0.336 e. The fourth-order valence-electron chi connectivity index (χ4n) is 2.19. The summed E-state index contributed by atoms with van der Waals surface area (Å²) in [4.78, 5) is 18.0. The molecule has 0 radical (unpaired) electrons. The predicted octanol–water partition coefficient (Wildman–Crippen LogP) is 1.32. The van der Waals surface area contributed by atoms with Crippen LogP contribution in [0.15, 0.2) is 18.7 Å². The van der Waals surface area contributed by atoms with Crippen LogP contribution in [0.5, 0.6) is 0 Å². The molecule has 1 fully saturated rings. The summed E-state index contributed by atoms with van der Waals surface area (Å²) in [6.07, 6.45) is 8.67. The molecule has 1 aliphatic heterocycles. The van der Waals surface area contributed by atoms with Gasteiger partial charge in [-0.15, -0.1) is 0 Å². The van der Waals surface area contributed by atoms with Gasteiger partial charge >= 0.3 is 6.03 Å². The molecule has 2 heterocycles. The van der Waals surface area contributed by atoms with Crippen molar-refractivity contribution in [3.05, 3.63) is 18.7 Å². The van der Waals surface area contributed by atoms with E-state index >= 15 is 0 Å². The average molecular weight is 236 g/mol. The number of likely N-dealkylation sites (tertiary alicyclic amines) is 1. The third kappa shape index (κ3) is 3.30. The van der Waals surface area contributed by atoms with Gasteiger partial charge in [0, 0.05) is 25.0 Å². The SMILES string of the molecule is CC(CNC(=O)n1ccnc1)N1CCCCC1. The van der Waals surface area contributed by atoms with Crippen LogP contribution in [0.2, 0.25) is 0 Å². The number of imidazole rings is 1. The lowest BCUT2D eigenvalue weighted by Crippen LogP contribution is -2.45. The zero-order chi connectivity index (χ0) is 12.1. The van der Waals surface area contributed by atoms with Crippen molar-refractivity contribution in [3.63, 3.8) is 0 Å². The van der Waals surface area contributed by atoms with Crippen molar-refractivity contribution in [2.24, 2.45) is 0 Å². The molecule has 1 saturated heterocycles. The van der Waals surface area contributed by atoms with Gasteiger partial charge in [-0.3, -0.25) is 9.47 Å². The monoisotopic (exact) mass is 236 g/mol. The van der Waals surface area contributed by atoms with E-state index in [1.807, 2.05) is 0 Å². The molecular weight excluding hydrogens is 216 g/mol. The molecule has 0 saturated carbocycles. The first-order valence-corrected chi connectivity index (χ1v) is 6.27. The second-order valence-electron chi connectivity index (χ2n) is 4.60. The summed E-state index contributed by atoms with van der Waals surface area (Å²) in [5.41, 5.74) is 0. The second-order valence-corrected chi connectivity index (χ2v) is 4.60. The highest BCUT2D eigenvalue weighted by Crippen LogP contribution is 2.11. The van der Waals surface area contributed by atoms with Crippen molar-refractivity contribution in [3.8, 4) is 0 Å². The summed E-state index contributed by atoms with van der Waals surface area (Å²) in [6.45, 7) is 5.17. The Morgan fingerprint density at radius 2 is 2.18 bits per heavy atom. The van der Waals surface area contributed by atoms with Gasteiger partial charge < -0.3 is 5.32 Å². The van der Waals surface area contributed by atoms with E-state index in [4.69, 9.17) is 0 Å². The second kappa shape index (κ2) is 5.82. The van der Waals surface area contributed by atoms with Crippen LogP contribution in [0.3, 0.4) is 0 Å². The first-order valence-electron chi connectivity index (χ1n) is 6.27. The van der Waals surface area contributed by atoms with E-state index in [2.05, 4.69) is 22.1 Å². The summed E-state index contributed by atoms with van der Waals surface area (Å²) in [5, 5.41) is 2.92. The number of aromatic nitrogens is 2.